The molecule has 2 aliphatic rings. The molecule has 0 unspecified atom stereocenters. The Bertz CT molecular complexity index is 594. The lowest BCUT2D eigenvalue weighted by atomic mass is 9.88. The van der Waals surface area contributed by atoms with Crippen molar-refractivity contribution in [1.82, 2.24) is 0 Å². The van der Waals surface area contributed by atoms with Crippen LogP contribution in [0.1, 0.15) is 15.9 Å². The van der Waals surface area contributed by atoms with Gasteiger partial charge in [-0.05, 0) is 42.5 Å². The average Bonchev–Trinajstić information content (AvgIpc) is 2.66. The second kappa shape index (κ2) is 3.57. The zero-order valence-electron chi connectivity index (χ0n) is 9.67. The number of benzene rings is 1. The van der Waals surface area contributed by atoms with Crippen molar-refractivity contribution in [3.8, 4) is 5.75 Å². The number of ketones is 1. The lowest BCUT2D eigenvalue weighted by Gasteiger charge is -2.22. The van der Waals surface area contributed by atoms with Gasteiger partial charge in [0.1, 0.15) is 5.75 Å². The topological polar surface area (TPSA) is 52.6 Å². The molecular weight excluding hydrogens is 232 g/mol. The van der Waals surface area contributed by atoms with E-state index < -0.39 is 11.6 Å². The van der Waals surface area contributed by atoms with Crippen LogP contribution in [0.2, 0.25) is 0 Å². The van der Waals surface area contributed by atoms with Gasteiger partial charge in [-0.2, -0.15) is 0 Å². The number of esters is 1. The van der Waals surface area contributed by atoms with Crippen molar-refractivity contribution < 1.29 is 19.1 Å². The second-order valence-electron chi connectivity index (χ2n) is 4.16. The van der Waals surface area contributed by atoms with Crippen LogP contribution in [0, 0.1) is 0 Å². The van der Waals surface area contributed by atoms with E-state index in [1.54, 1.807) is 30.4 Å². The fraction of sp³-hybridized carbons (Fsp3) is 0.143. The predicted molar refractivity (Wildman–Crippen MR) is 63.4 cm³/mol. The third-order valence-electron chi connectivity index (χ3n) is 3.12. The van der Waals surface area contributed by atoms with Crippen LogP contribution in [0.5, 0.6) is 5.75 Å². The van der Waals surface area contributed by atoms with Crippen molar-refractivity contribution in [2.45, 2.75) is 5.60 Å². The molecule has 0 bridgehead atoms. The number of methoxy groups -OCH3 is 1. The van der Waals surface area contributed by atoms with Gasteiger partial charge in [0.15, 0.2) is 11.4 Å². The maximum atomic E-state index is 11.9. The summed E-state index contributed by atoms with van der Waals surface area (Å²) in [6.45, 7) is 0. The fourth-order valence-corrected chi connectivity index (χ4v) is 2.19. The largest absolute Gasteiger partial charge is 0.497 e. The highest BCUT2D eigenvalue weighted by molar-refractivity contribution is 6.02. The molecular formula is C14H10O4. The highest BCUT2D eigenvalue weighted by atomic mass is 16.6. The maximum absolute atomic E-state index is 11.9. The summed E-state index contributed by atoms with van der Waals surface area (Å²) in [6.07, 6.45) is 6.02. The summed E-state index contributed by atoms with van der Waals surface area (Å²) in [7, 11) is 1.54. The Morgan fingerprint density at radius 1 is 1.17 bits per heavy atom. The van der Waals surface area contributed by atoms with Gasteiger partial charge in [0, 0.05) is 5.56 Å². The second-order valence-corrected chi connectivity index (χ2v) is 4.16. The zero-order valence-corrected chi connectivity index (χ0v) is 9.67. The van der Waals surface area contributed by atoms with Gasteiger partial charge >= 0.3 is 5.97 Å². The third-order valence-corrected chi connectivity index (χ3v) is 3.12. The van der Waals surface area contributed by atoms with Gasteiger partial charge in [-0.25, -0.2) is 4.79 Å². The quantitative estimate of drug-likeness (QED) is 0.704. The molecule has 4 heteroatoms. The number of carbonyl (C=O) groups is 2. The van der Waals surface area contributed by atoms with E-state index >= 15 is 0 Å². The molecule has 1 aliphatic heterocycles. The van der Waals surface area contributed by atoms with Gasteiger partial charge in [-0.15, -0.1) is 0 Å². The van der Waals surface area contributed by atoms with Crippen molar-refractivity contribution in [1.29, 1.82) is 0 Å². The molecule has 0 saturated carbocycles. The Morgan fingerprint density at radius 2 is 1.89 bits per heavy atom. The normalized spacial score (nSPS) is 18.9. The maximum Gasteiger partial charge on any atom is 0.340 e. The highest BCUT2D eigenvalue weighted by Crippen LogP contribution is 2.41. The third kappa shape index (κ3) is 1.39. The molecule has 1 aliphatic carbocycles. The smallest absolute Gasteiger partial charge is 0.340 e. The van der Waals surface area contributed by atoms with Gasteiger partial charge in [0.05, 0.1) is 12.7 Å². The fourth-order valence-electron chi connectivity index (χ4n) is 2.19. The van der Waals surface area contributed by atoms with E-state index in [9.17, 15) is 9.59 Å². The molecule has 0 aromatic heterocycles. The van der Waals surface area contributed by atoms with E-state index in [1.807, 2.05) is 0 Å². The monoisotopic (exact) mass is 242 g/mol. The lowest BCUT2D eigenvalue weighted by Crippen LogP contribution is -2.23. The molecule has 0 fully saturated rings. The molecule has 0 N–H and O–H groups in total. The van der Waals surface area contributed by atoms with Crippen LogP contribution >= 0.6 is 0 Å². The minimum Gasteiger partial charge on any atom is -0.497 e. The van der Waals surface area contributed by atoms with Crippen molar-refractivity contribution in [2.24, 2.45) is 0 Å². The van der Waals surface area contributed by atoms with Crippen molar-refractivity contribution in [3.63, 3.8) is 0 Å². The van der Waals surface area contributed by atoms with E-state index in [1.165, 1.54) is 19.3 Å². The summed E-state index contributed by atoms with van der Waals surface area (Å²) < 4.78 is 10.5. The summed E-state index contributed by atoms with van der Waals surface area (Å²) in [5, 5.41) is 0. The number of rotatable bonds is 1. The molecule has 0 radical (unpaired) electrons. The highest BCUT2D eigenvalue weighted by Gasteiger charge is 2.43. The molecule has 4 nitrogen and oxygen atoms in total. The summed E-state index contributed by atoms with van der Waals surface area (Å²) in [4.78, 5) is 23.0. The van der Waals surface area contributed by atoms with Crippen LogP contribution in [0.3, 0.4) is 0 Å². The Balaban J connectivity index is 2.15. The summed E-state index contributed by atoms with van der Waals surface area (Å²) >= 11 is 0. The lowest BCUT2D eigenvalue weighted by molar-refractivity contribution is -0.110. The van der Waals surface area contributed by atoms with Crippen LogP contribution in [0.15, 0.2) is 42.5 Å². The molecule has 1 aromatic carbocycles. The molecule has 0 atom stereocenters. The van der Waals surface area contributed by atoms with Gasteiger partial charge in [-0.1, -0.05) is 0 Å². The Labute approximate surface area is 104 Å². The number of hydrogen-bond acceptors (Lipinski definition) is 4. The van der Waals surface area contributed by atoms with Gasteiger partial charge < -0.3 is 9.47 Å². The summed E-state index contributed by atoms with van der Waals surface area (Å²) in [5.74, 6) is 0.0776. The van der Waals surface area contributed by atoms with Crippen LogP contribution < -0.4 is 4.74 Å². The Hall–Kier alpha value is -2.36. The number of carbonyl (C=O) groups excluding carboxylic acids is 2. The Kier molecular flexibility index (Phi) is 2.13. The minimum atomic E-state index is -0.938. The first-order valence-electron chi connectivity index (χ1n) is 5.49. The summed E-state index contributed by atoms with van der Waals surface area (Å²) in [6, 6.07) is 5.19. The number of ether oxygens (including phenoxy) is 2. The van der Waals surface area contributed by atoms with Gasteiger partial charge in [-0.3, -0.25) is 4.79 Å². The molecule has 3 rings (SSSR count). The molecule has 18 heavy (non-hydrogen) atoms. The average molecular weight is 242 g/mol. The van der Waals surface area contributed by atoms with Crippen molar-refractivity contribution in [2.75, 3.05) is 7.11 Å². The van der Waals surface area contributed by atoms with E-state index in [2.05, 4.69) is 0 Å². The van der Waals surface area contributed by atoms with Crippen LogP contribution in [0.25, 0.3) is 0 Å². The number of hydrogen-bond donors (Lipinski definition) is 0. The van der Waals surface area contributed by atoms with Crippen LogP contribution in [-0.4, -0.2) is 18.9 Å². The van der Waals surface area contributed by atoms with Gasteiger partial charge in [0.2, 0.25) is 0 Å². The number of fused-ring (bicyclic) bond motifs is 2. The standard InChI is InChI=1S/C14H10O4/c1-17-10-2-3-12-11(8-10)13(16)18-14(12)6-4-9(15)5-7-14/h2-8H,1H3. The molecule has 1 spiro atoms. The molecule has 1 heterocycles. The van der Waals surface area contributed by atoms with Crippen molar-refractivity contribution in [3.05, 3.63) is 53.6 Å². The van der Waals surface area contributed by atoms with E-state index in [0.29, 0.717) is 11.3 Å². The molecule has 1 aromatic rings. The zero-order chi connectivity index (χ0) is 12.8. The van der Waals surface area contributed by atoms with E-state index in [4.69, 9.17) is 9.47 Å². The molecule has 90 valence electrons. The first kappa shape index (κ1) is 10.8. The summed E-state index contributed by atoms with van der Waals surface area (Å²) in [5.41, 5.74) is 0.262. The van der Waals surface area contributed by atoms with Crippen LogP contribution in [0.4, 0.5) is 0 Å². The van der Waals surface area contributed by atoms with Crippen LogP contribution in [-0.2, 0) is 15.1 Å². The van der Waals surface area contributed by atoms with E-state index in [-0.39, 0.29) is 5.78 Å². The predicted octanol–water partition coefficient (Wildman–Crippen LogP) is 1.76. The number of allylic oxidation sites excluding steroid dienone is 2. The molecule has 0 saturated heterocycles. The minimum absolute atomic E-state index is 0.112. The molecule has 0 amide bonds. The first-order valence-corrected chi connectivity index (χ1v) is 5.49. The Morgan fingerprint density at radius 3 is 2.56 bits per heavy atom. The van der Waals surface area contributed by atoms with E-state index in [0.717, 1.165) is 5.56 Å². The SMILES string of the molecule is COc1ccc2c(c1)C(=O)OC21C=CC(=O)C=C1. The first-order chi connectivity index (χ1) is 8.64. The van der Waals surface area contributed by atoms with Gasteiger partial charge in [0.25, 0.3) is 0 Å². The van der Waals surface area contributed by atoms with Crippen molar-refractivity contribution >= 4 is 11.8 Å².